The summed E-state index contributed by atoms with van der Waals surface area (Å²) in [7, 11) is 0. The van der Waals surface area contributed by atoms with E-state index >= 15 is 0 Å². The number of nitrogens with two attached hydrogens (primary N) is 1. The molecular weight excluding hydrogens is 230 g/mol. The number of nitrogen functional groups attached to an aromatic ring is 1. The molecule has 17 heavy (non-hydrogen) atoms. The summed E-state index contributed by atoms with van der Waals surface area (Å²) in [5.41, 5.74) is 7.41. The van der Waals surface area contributed by atoms with Gasteiger partial charge in [0, 0.05) is 18.2 Å². The Hall–Kier alpha value is -0.770. The Morgan fingerprint density at radius 1 is 1.29 bits per heavy atom. The Labute approximate surface area is 107 Å². The first-order valence-electron chi connectivity index (χ1n) is 6.83. The van der Waals surface area contributed by atoms with Crippen LogP contribution in [-0.2, 0) is 0 Å². The van der Waals surface area contributed by atoms with Gasteiger partial charge in [0.2, 0.25) is 0 Å². The quantitative estimate of drug-likeness (QED) is 0.892. The van der Waals surface area contributed by atoms with Crippen LogP contribution in [0.5, 0.6) is 0 Å². The molecule has 0 aromatic carbocycles. The van der Waals surface area contributed by atoms with Crippen LogP contribution >= 0.6 is 11.5 Å². The lowest BCUT2D eigenvalue weighted by Crippen LogP contribution is -2.32. The standard InChI is InChI=1S/C13H21N3S/c1-2-16(10-5-3-4-6-10)13-11(9-7-8-9)12(14)15-17-13/h9-10H,2-8H2,1H3,(H2,14,15). The molecule has 1 aromatic rings. The predicted molar refractivity (Wildman–Crippen MR) is 73.8 cm³/mol. The molecule has 2 saturated carbocycles. The molecule has 3 rings (SSSR count). The van der Waals surface area contributed by atoms with E-state index < -0.39 is 0 Å². The molecular formula is C13H21N3S. The average Bonchev–Trinajstić information content (AvgIpc) is 2.88. The first-order valence-corrected chi connectivity index (χ1v) is 7.60. The fourth-order valence-electron chi connectivity index (χ4n) is 3.05. The SMILES string of the molecule is CCN(c1snc(N)c1C1CC1)C1CCCC1. The largest absolute Gasteiger partial charge is 0.383 e. The van der Waals surface area contributed by atoms with Crippen LogP contribution in [0.25, 0.3) is 0 Å². The molecule has 2 aliphatic carbocycles. The summed E-state index contributed by atoms with van der Waals surface area (Å²) in [6.07, 6.45) is 8.06. The van der Waals surface area contributed by atoms with E-state index in [0.717, 1.165) is 18.4 Å². The topological polar surface area (TPSA) is 42.2 Å². The molecule has 2 aliphatic rings. The van der Waals surface area contributed by atoms with Gasteiger partial charge in [0.1, 0.15) is 10.8 Å². The summed E-state index contributed by atoms with van der Waals surface area (Å²) < 4.78 is 4.40. The second kappa shape index (κ2) is 4.48. The van der Waals surface area contributed by atoms with Crippen LogP contribution in [0.2, 0.25) is 0 Å². The third-order valence-corrected chi connectivity index (χ3v) is 5.00. The van der Waals surface area contributed by atoms with Crippen LogP contribution in [0.4, 0.5) is 10.8 Å². The van der Waals surface area contributed by atoms with Crippen molar-refractivity contribution in [2.75, 3.05) is 17.2 Å². The zero-order chi connectivity index (χ0) is 11.8. The molecule has 94 valence electrons. The second-order valence-corrected chi connectivity index (χ2v) is 6.04. The van der Waals surface area contributed by atoms with Gasteiger partial charge in [-0.05, 0) is 50.1 Å². The number of aromatic nitrogens is 1. The van der Waals surface area contributed by atoms with Gasteiger partial charge in [0.05, 0.1) is 0 Å². The van der Waals surface area contributed by atoms with E-state index in [1.807, 2.05) is 0 Å². The zero-order valence-electron chi connectivity index (χ0n) is 10.5. The normalized spacial score (nSPS) is 21.0. The number of anilines is 2. The van der Waals surface area contributed by atoms with Crippen LogP contribution in [0.1, 0.15) is 56.9 Å². The Morgan fingerprint density at radius 2 is 2.00 bits per heavy atom. The molecule has 0 atom stereocenters. The summed E-state index contributed by atoms with van der Waals surface area (Å²) >= 11 is 1.61. The van der Waals surface area contributed by atoms with Crippen molar-refractivity contribution in [1.29, 1.82) is 0 Å². The van der Waals surface area contributed by atoms with E-state index in [-0.39, 0.29) is 0 Å². The monoisotopic (exact) mass is 251 g/mol. The molecule has 2 N–H and O–H groups in total. The van der Waals surface area contributed by atoms with Crippen molar-refractivity contribution >= 4 is 22.4 Å². The summed E-state index contributed by atoms with van der Waals surface area (Å²) in [6, 6.07) is 0.734. The Kier molecular flexibility index (Phi) is 2.99. The van der Waals surface area contributed by atoms with Gasteiger partial charge < -0.3 is 10.6 Å². The predicted octanol–water partition coefficient (Wildman–Crippen LogP) is 3.37. The van der Waals surface area contributed by atoms with Gasteiger partial charge in [-0.2, -0.15) is 4.37 Å². The van der Waals surface area contributed by atoms with E-state index in [2.05, 4.69) is 16.2 Å². The van der Waals surface area contributed by atoms with Gasteiger partial charge in [-0.15, -0.1) is 0 Å². The molecule has 0 unspecified atom stereocenters. The second-order valence-electron chi connectivity index (χ2n) is 5.29. The smallest absolute Gasteiger partial charge is 0.142 e. The fourth-order valence-corrected chi connectivity index (χ4v) is 4.08. The van der Waals surface area contributed by atoms with Gasteiger partial charge >= 0.3 is 0 Å². The molecule has 3 nitrogen and oxygen atoms in total. The van der Waals surface area contributed by atoms with Gasteiger partial charge in [-0.25, -0.2) is 0 Å². The van der Waals surface area contributed by atoms with Gasteiger partial charge in [0.25, 0.3) is 0 Å². The summed E-state index contributed by atoms with van der Waals surface area (Å²) in [4.78, 5) is 2.56. The van der Waals surface area contributed by atoms with Crippen LogP contribution in [0.15, 0.2) is 0 Å². The van der Waals surface area contributed by atoms with Gasteiger partial charge in [0.15, 0.2) is 0 Å². The maximum Gasteiger partial charge on any atom is 0.142 e. The van der Waals surface area contributed by atoms with E-state index in [9.17, 15) is 0 Å². The number of rotatable bonds is 4. The summed E-state index contributed by atoms with van der Waals surface area (Å²) in [5.74, 6) is 1.50. The molecule has 0 radical (unpaired) electrons. The summed E-state index contributed by atoms with van der Waals surface area (Å²) in [5, 5.41) is 1.37. The lowest BCUT2D eigenvalue weighted by atomic mass is 10.1. The average molecular weight is 251 g/mol. The van der Waals surface area contributed by atoms with Gasteiger partial charge in [-0.3, -0.25) is 0 Å². The van der Waals surface area contributed by atoms with Crippen molar-refractivity contribution in [3.8, 4) is 0 Å². The highest BCUT2D eigenvalue weighted by Crippen LogP contribution is 2.49. The van der Waals surface area contributed by atoms with Crippen molar-refractivity contribution in [3.63, 3.8) is 0 Å². The lowest BCUT2D eigenvalue weighted by Gasteiger charge is -2.29. The number of hydrogen-bond acceptors (Lipinski definition) is 4. The van der Waals surface area contributed by atoms with E-state index in [1.165, 1.54) is 49.1 Å². The Balaban J connectivity index is 1.89. The van der Waals surface area contributed by atoms with Crippen molar-refractivity contribution in [2.45, 2.75) is 57.4 Å². The van der Waals surface area contributed by atoms with E-state index in [0.29, 0.717) is 5.92 Å². The third-order valence-electron chi connectivity index (χ3n) is 4.09. The summed E-state index contributed by atoms with van der Waals surface area (Å²) in [6.45, 7) is 3.34. The first kappa shape index (κ1) is 11.3. The molecule has 0 amide bonds. The minimum absolute atomic E-state index is 0.708. The third kappa shape index (κ3) is 2.03. The lowest BCUT2D eigenvalue weighted by molar-refractivity contribution is 0.622. The number of nitrogens with zero attached hydrogens (tertiary/aromatic N) is 2. The molecule has 4 heteroatoms. The van der Waals surface area contributed by atoms with Crippen LogP contribution in [0.3, 0.4) is 0 Å². The molecule has 0 bridgehead atoms. The Bertz CT molecular complexity index is 391. The molecule has 1 aromatic heterocycles. The minimum atomic E-state index is 0.708. The van der Waals surface area contributed by atoms with Crippen molar-refractivity contribution in [2.24, 2.45) is 0 Å². The van der Waals surface area contributed by atoms with E-state index in [4.69, 9.17) is 5.73 Å². The van der Waals surface area contributed by atoms with E-state index in [1.54, 1.807) is 11.5 Å². The van der Waals surface area contributed by atoms with Crippen LogP contribution in [-0.4, -0.2) is 17.0 Å². The van der Waals surface area contributed by atoms with Crippen molar-refractivity contribution in [3.05, 3.63) is 5.56 Å². The maximum atomic E-state index is 6.05. The maximum absolute atomic E-state index is 6.05. The molecule has 2 fully saturated rings. The molecule has 1 heterocycles. The first-order chi connectivity index (χ1) is 8.31. The van der Waals surface area contributed by atoms with Crippen LogP contribution < -0.4 is 10.6 Å². The Morgan fingerprint density at radius 3 is 2.59 bits per heavy atom. The van der Waals surface area contributed by atoms with Crippen molar-refractivity contribution < 1.29 is 0 Å². The van der Waals surface area contributed by atoms with Crippen molar-refractivity contribution in [1.82, 2.24) is 4.37 Å². The highest BCUT2D eigenvalue weighted by atomic mass is 32.1. The minimum Gasteiger partial charge on any atom is -0.383 e. The molecule has 0 spiro atoms. The highest BCUT2D eigenvalue weighted by Gasteiger charge is 2.34. The molecule has 0 saturated heterocycles. The molecule has 0 aliphatic heterocycles. The van der Waals surface area contributed by atoms with Gasteiger partial charge in [-0.1, -0.05) is 12.8 Å². The highest BCUT2D eigenvalue weighted by molar-refractivity contribution is 7.10. The fraction of sp³-hybridized carbons (Fsp3) is 0.769. The zero-order valence-corrected chi connectivity index (χ0v) is 11.3. The number of hydrogen-bond donors (Lipinski definition) is 1. The van der Waals surface area contributed by atoms with Crippen LogP contribution in [0, 0.1) is 0 Å².